The van der Waals surface area contributed by atoms with E-state index < -0.39 is 26.5 Å². The number of hydrogen-bond donors (Lipinski definition) is 0. The molecule has 0 radical (unpaired) electrons. The molecule has 34 heavy (non-hydrogen) atoms. The lowest BCUT2D eigenvalue weighted by molar-refractivity contribution is -0.139. The first-order valence-corrected chi connectivity index (χ1v) is 14.0. The van der Waals surface area contributed by atoms with Gasteiger partial charge in [-0.1, -0.05) is 6.07 Å². The summed E-state index contributed by atoms with van der Waals surface area (Å²) < 4.78 is 69.7. The minimum atomic E-state index is -4.79. The number of rotatable bonds is 7. The molecule has 2 aromatic heterocycles. The molecule has 0 saturated carbocycles. The van der Waals surface area contributed by atoms with E-state index in [0.29, 0.717) is 22.0 Å². The van der Waals surface area contributed by atoms with Crippen LogP contribution in [0.25, 0.3) is 10.4 Å². The molecule has 1 fully saturated rings. The van der Waals surface area contributed by atoms with E-state index >= 15 is 0 Å². The highest BCUT2D eigenvalue weighted by molar-refractivity contribution is 7.90. The lowest BCUT2D eigenvalue weighted by atomic mass is 10.1. The molecule has 1 saturated heterocycles. The Hall–Kier alpha value is -1.93. The molecule has 1 aliphatic heterocycles. The zero-order chi connectivity index (χ0) is 24.5. The fraction of sp³-hybridized carbons (Fsp3) is 0.476. The van der Waals surface area contributed by atoms with Crippen molar-refractivity contribution in [3.05, 3.63) is 44.5 Å². The van der Waals surface area contributed by atoms with E-state index in [-0.39, 0.29) is 5.56 Å². The number of halogens is 3. The highest BCUT2D eigenvalue weighted by atomic mass is 32.2. The molecule has 1 aromatic carbocycles. The van der Waals surface area contributed by atoms with Crippen molar-refractivity contribution in [2.75, 3.05) is 39.1 Å². The molecular weight excluding hydrogens is 509 g/mol. The maximum absolute atomic E-state index is 13.6. The smallest absolute Gasteiger partial charge is 0.379 e. The van der Waals surface area contributed by atoms with Crippen LogP contribution < -0.4 is 0 Å². The Morgan fingerprint density at radius 2 is 1.79 bits per heavy atom. The molecule has 184 valence electrons. The average molecular weight is 533 g/mol. The molecule has 1 aliphatic rings. The highest BCUT2D eigenvalue weighted by Crippen LogP contribution is 2.39. The first-order valence-electron chi connectivity index (χ1n) is 10.5. The second-order valence-corrected chi connectivity index (χ2v) is 12.2. The van der Waals surface area contributed by atoms with Crippen LogP contribution >= 0.6 is 22.7 Å². The van der Waals surface area contributed by atoms with Crippen LogP contribution in [0.4, 0.5) is 13.2 Å². The quantitative estimate of drug-likeness (QED) is 0.457. The average Bonchev–Trinajstić information content (AvgIpc) is 3.37. The van der Waals surface area contributed by atoms with Crippen LogP contribution in [0.15, 0.2) is 23.1 Å². The molecule has 0 bridgehead atoms. The SMILES string of the molecule is Cc1nc(Cc2nnc(CCN3CCOCC3)s2)sc1-c1ccc(S(C)(=O)=O)c(C(F)(F)F)c1. The van der Waals surface area contributed by atoms with Gasteiger partial charge < -0.3 is 4.74 Å². The van der Waals surface area contributed by atoms with Gasteiger partial charge in [-0.3, -0.25) is 4.90 Å². The molecule has 0 spiro atoms. The van der Waals surface area contributed by atoms with Crippen molar-refractivity contribution in [3.63, 3.8) is 0 Å². The number of nitrogens with zero attached hydrogens (tertiary/aromatic N) is 4. The topological polar surface area (TPSA) is 85.3 Å². The van der Waals surface area contributed by atoms with Crippen molar-refractivity contribution in [2.45, 2.75) is 30.8 Å². The predicted molar refractivity (Wildman–Crippen MR) is 124 cm³/mol. The monoisotopic (exact) mass is 532 g/mol. The molecule has 0 N–H and O–H groups in total. The Balaban J connectivity index is 1.50. The van der Waals surface area contributed by atoms with Gasteiger partial charge in [0, 0.05) is 32.3 Å². The van der Waals surface area contributed by atoms with Crippen LogP contribution in [0.1, 0.15) is 26.3 Å². The number of benzene rings is 1. The molecule has 3 heterocycles. The molecule has 0 aliphatic carbocycles. The van der Waals surface area contributed by atoms with E-state index in [9.17, 15) is 21.6 Å². The zero-order valence-corrected chi connectivity index (χ0v) is 21.0. The summed E-state index contributed by atoms with van der Waals surface area (Å²) in [6.07, 6.45) is -2.79. The van der Waals surface area contributed by atoms with E-state index in [1.54, 1.807) is 6.92 Å². The summed E-state index contributed by atoms with van der Waals surface area (Å²) in [6, 6.07) is 3.29. The summed E-state index contributed by atoms with van der Waals surface area (Å²) in [5.74, 6) is 0. The zero-order valence-electron chi connectivity index (χ0n) is 18.6. The third kappa shape index (κ3) is 6.00. The Bertz CT molecular complexity index is 1270. The minimum Gasteiger partial charge on any atom is -0.379 e. The first kappa shape index (κ1) is 25.2. The molecule has 0 unspecified atom stereocenters. The van der Waals surface area contributed by atoms with E-state index in [0.717, 1.165) is 67.7 Å². The van der Waals surface area contributed by atoms with E-state index in [2.05, 4.69) is 20.1 Å². The van der Waals surface area contributed by atoms with Crippen LogP contribution in [-0.4, -0.2) is 67.6 Å². The number of morpholine rings is 1. The maximum atomic E-state index is 13.6. The summed E-state index contributed by atoms with van der Waals surface area (Å²) in [7, 11) is -4.03. The van der Waals surface area contributed by atoms with Gasteiger partial charge in [-0.2, -0.15) is 13.2 Å². The van der Waals surface area contributed by atoms with Crippen LogP contribution in [0, 0.1) is 6.92 Å². The highest BCUT2D eigenvalue weighted by Gasteiger charge is 2.36. The summed E-state index contributed by atoms with van der Waals surface area (Å²) in [6.45, 7) is 5.93. The number of hydrogen-bond acceptors (Lipinski definition) is 9. The lowest BCUT2D eigenvalue weighted by Crippen LogP contribution is -2.37. The summed E-state index contributed by atoms with van der Waals surface area (Å²) in [4.78, 5) is 6.67. The van der Waals surface area contributed by atoms with Gasteiger partial charge in [-0.25, -0.2) is 13.4 Å². The summed E-state index contributed by atoms with van der Waals surface area (Å²) in [5, 5.41) is 10.9. The standard InChI is InChI=1S/C21H23F3N4O3S3/c1-13-20(14-3-4-16(34(2,29)30)15(11-14)21(22,23)24)33-18(25-13)12-19-27-26-17(32-19)5-6-28-7-9-31-10-8-28/h3-4,11H,5-10,12H2,1-2H3. The first-order chi connectivity index (χ1) is 16.0. The van der Waals surface area contributed by atoms with Gasteiger partial charge in [0.05, 0.1) is 40.7 Å². The second kappa shape index (κ2) is 9.97. The number of alkyl halides is 3. The largest absolute Gasteiger partial charge is 0.417 e. The number of thiazole rings is 1. The van der Waals surface area contributed by atoms with Gasteiger partial charge in [0.2, 0.25) is 0 Å². The predicted octanol–water partition coefficient (Wildman–Crippen LogP) is 3.86. The van der Waals surface area contributed by atoms with E-state index in [1.807, 2.05) is 0 Å². The van der Waals surface area contributed by atoms with Gasteiger partial charge in [-0.15, -0.1) is 32.9 Å². The van der Waals surface area contributed by atoms with Crippen molar-refractivity contribution in [1.29, 1.82) is 0 Å². The number of aromatic nitrogens is 3. The fourth-order valence-corrected chi connectivity index (χ4v) is 6.56. The van der Waals surface area contributed by atoms with Crippen LogP contribution in [0.5, 0.6) is 0 Å². The molecule has 0 amide bonds. The normalized spacial score (nSPS) is 15.7. The van der Waals surface area contributed by atoms with Gasteiger partial charge >= 0.3 is 6.18 Å². The van der Waals surface area contributed by atoms with Crippen molar-refractivity contribution in [2.24, 2.45) is 0 Å². The Morgan fingerprint density at radius 3 is 2.47 bits per heavy atom. The van der Waals surface area contributed by atoms with Gasteiger partial charge in [0.15, 0.2) is 9.84 Å². The Morgan fingerprint density at radius 1 is 1.09 bits per heavy atom. The summed E-state index contributed by atoms with van der Waals surface area (Å²) in [5.41, 5.74) is -0.308. The Kier molecular flexibility index (Phi) is 7.38. The molecule has 13 heteroatoms. The van der Waals surface area contributed by atoms with Crippen molar-refractivity contribution >= 4 is 32.5 Å². The van der Waals surface area contributed by atoms with Gasteiger partial charge in [0.25, 0.3) is 0 Å². The number of aryl methyl sites for hydroxylation is 1. The van der Waals surface area contributed by atoms with Crippen LogP contribution in [0.3, 0.4) is 0 Å². The van der Waals surface area contributed by atoms with Crippen molar-refractivity contribution in [1.82, 2.24) is 20.1 Å². The van der Waals surface area contributed by atoms with E-state index in [4.69, 9.17) is 4.74 Å². The maximum Gasteiger partial charge on any atom is 0.417 e. The van der Waals surface area contributed by atoms with Crippen LogP contribution in [-0.2, 0) is 33.6 Å². The fourth-order valence-electron chi connectivity index (χ4n) is 3.68. The Labute approximate surface area is 203 Å². The molecule has 0 atom stereocenters. The van der Waals surface area contributed by atoms with Crippen LogP contribution in [0.2, 0.25) is 0 Å². The number of sulfone groups is 1. The van der Waals surface area contributed by atoms with Crippen molar-refractivity contribution in [3.8, 4) is 10.4 Å². The molecular formula is C21H23F3N4O3S3. The van der Waals surface area contributed by atoms with E-state index in [1.165, 1.54) is 28.7 Å². The third-order valence-corrected chi connectivity index (χ3v) is 8.69. The van der Waals surface area contributed by atoms with Gasteiger partial charge in [-0.05, 0) is 24.6 Å². The molecule has 7 nitrogen and oxygen atoms in total. The number of ether oxygens (including phenoxy) is 1. The minimum absolute atomic E-state index is 0.282. The molecule has 3 aromatic rings. The summed E-state index contributed by atoms with van der Waals surface area (Å²) >= 11 is 2.78. The van der Waals surface area contributed by atoms with Gasteiger partial charge in [0.1, 0.15) is 15.0 Å². The third-order valence-electron chi connectivity index (χ3n) is 5.34. The second-order valence-electron chi connectivity index (χ2n) is 7.97. The molecule has 4 rings (SSSR count). The lowest BCUT2D eigenvalue weighted by Gasteiger charge is -2.25. The van der Waals surface area contributed by atoms with Crippen molar-refractivity contribution < 1.29 is 26.3 Å².